The Bertz CT molecular complexity index is 1280. The summed E-state index contributed by atoms with van der Waals surface area (Å²) >= 11 is 0. The van der Waals surface area contributed by atoms with Crippen molar-refractivity contribution in [3.8, 4) is 11.5 Å². The Kier molecular flexibility index (Phi) is 6.58. The molecule has 0 saturated carbocycles. The summed E-state index contributed by atoms with van der Waals surface area (Å²) in [6.45, 7) is 2.45. The van der Waals surface area contributed by atoms with Gasteiger partial charge in [-0.2, -0.15) is 0 Å². The number of nitrogens with one attached hydrogen (secondary N) is 1. The molecule has 0 aliphatic carbocycles. The number of benzene rings is 3. The molecule has 36 heavy (non-hydrogen) atoms. The van der Waals surface area contributed by atoms with Gasteiger partial charge < -0.3 is 14.8 Å². The zero-order chi connectivity index (χ0) is 25.3. The fourth-order valence-electron chi connectivity index (χ4n) is 5.84. The number of urea groups is 1. The first kappa shape index (κ1) is 24.1. The summed E-state index contributed by atoms with van der Waals surface area (Å²) in [5.41, 5.74) is 1.22. The number of imide groups is 1. The maximum Gasteiger partial charge on any atom is 0.324 e. The van der Waals surface area contributed by atoms with Crippen molar-refractivity contribution in [2.75, 3.05) is 34.4 Å². The Hall–Kier alpha value is -3.58. The number of hydrogen-bond acceptors (Lipinski definition) is 5. The van der Waals surface area contributed by atoms with Crippen molar-refractivity contribution in [3.05, 3.63) is 71.8 Å². The molecule has 2 heterocycles. The van der Waals surface area contributed by atoms with Crippen LogP contribution in [-0.2, 0) is 17.8 Å². The largest absolute Gasteiger partial charge is 0.497 e. The molecule has 5 rings (SSSR count). The second-order valence-electron chi connectivity index (χ2n) is 9.81. The van der Waals surface area contributed by atoms with Crippen molar-refractivity contribution >= 4 is 22.7 Å². The number of likely N-dealkylation sites (tertiary alicyclic amines) is 1. The Balaban J connectivity index is 1.37. The molecule has 3 aromatic carbocycles. The van der Waals surface area contributed by atoms with Crippen LogP contribution in [0.1, 0.15) is 24.0 Å². The van der Waals surface area contributed by atoms with Crippen LogP contribution in [0.25, 0.3) is 10.8 Å². The quantitative estimate of drug-likeness (QED) is 0.505. The minimum Gasteiger partial charge on any atom is -0.497 e. The first-order chi connectivity index (χ1) is 17.4. The van der Waals surface area contributed by atoms with Gasteiger partial charge in [0.15, 0.2) is 0 Å². The number of methoxy groups -OCH3 is 2. The number of likely N-dealkylation sites (N-methyl/N-ethyl adjacent to an activating group) is 1. The average molecular weight is 488 g/mol. The molecule has 0 unspecified atom stereocenters. The maximum absolute atomic E-state index is 13.5. The predicted octanol–water partition coefficient (Wildman–Crippen LogP) is 4.23. The Labute approximate surface area is 212 Å². The van der Waals surface area contributed by atoms with E-state index in [-0.39, 0.29) is 17.9 Å². The van der Waals surface area contributed by atoms with Crippen LogP contribution >= 0.6 is 0 Å². The molecule has 2 saturated heterocycles. The predicted molar refractivity (Wildman–Crippen MR) is 139 cm³/mol. The van der Waals surface area contributed by atoms with Gasteiger partial charge >= 0.3 is 6.03 Å². The summed E-state index contributed by atoms with van der Waals surface area (Å²) in [7, 11) is 4.91. The Morgan fingerprint density at radius 2 is 1.75 bits per heavy atom. The van der Waals surface area contributed by atoms with Gasteiger partial charge in [-0.25, -0.2) is 4.79 Å². The Morgan fingerprint density at radius 1 is 0.972 bits per heavy atom. The van der Waals surface area contributed by atoms with Gasteiger partial charge in [0.25, 0.3) is 5.91 Å². The molecule has 7 nitrogen and oxygen atoms in total. The van der Waals surface area contributed by atoms with E-state index in [1.54, 1.807) is 21.3 Å². The van der Waals surface area contributed by atoms with E-state index in [1.807, 2.05) is 30.3 Å². The van der Waals surface area contributed by atoms with E-state index in [1.165, 1.54) is 21.2 Å². The fourth-order valence-corrected chi connectivity index (χ4v) is 5.84. The van der Waals surface area contributed by atoms with Gasteiger partial charge in [0.2, 0.25) is 0 Å². The molecule has 3 amide bonds. The van der Waals surface area contributed by atoms with E-state index in [9.17, 15) is 9.59 Å². The molecule has 0 aromatic heterocycles. The van der Waals surface area contributed by atoms with Crippen LogP contribution in [0.5, 0.6) is 11.5 Å². The van der Waals surface area contributed by atoms with Crippen molar-refractivity contribution in [1.82, 2.24) is 15.1 Å². The van der Waals surface area contributed by atoms with Crippen LogP contribution in [0.4, 0.5) is 4.79 Å². The smallest absolute Gasteiger partial charge is 0.324 e. The molecule has 2 aliphatic rings. The van der Waals surface area contributed by atoms with Crippen molar-refractivity contribution in [2.24, 2.45) is 5.92 Å². The van der Waals surface area contributed by atoms with E-state index >= 15 is 0 Å². The van der Waals surface area contributed by atoms with Crippen molar-refractivity contribution < 1.29 is 19.1 Å². The SMILES string of the molecule is COc1cccc(C[C@]2(C3CCN(Cc4c(OC)ccc5ccccc45)CC3)NC(=O)N(C)C2=O)c1. The summed E-state index contributed by atoms with van der Waals surface area (Å²) in [6.07, 6.45) is 2.08. The van der Waals surface area contributed by atoms with Gasteiger partial charge in [0, 0.05) is 25.6 Å². The molecule has 3 aromatic rings. The summed E-state index contributed by atoms with van der Waals surface area (Å²) in [5.74, 6) is 1.53. The van der Waals surface area contributed by atoms with Crippen LogP contribution in [0.15, 0.2) is 60.7 Å². The van der Waals surface area contributed by atoms with E-state index in [0.717, 1.165) is 49.5 Å². The summed E-state index contributed by atoms with van der Waals surface area (Å²) < 4.78 is 11.1. The molecular weight excluding hydrogens is 454 g/mol. The van der Waals surface area contributed by atoms with Gasteiger partial charge in [-0.15, -0.1) is 0 Å². The minimum absolute atomic E-state index is 0.0377. The van der Waals surface area contributed by atoms with Gasteiger partial charge in [0.05, 0.1) is 14.2 Å². The number of ether oxygens (including phenoxy) is 2. The van der Waals surface area contributed by atoms with E-state index < -0.39 is 5.54 Å². The molecule has 7 heteroatoms. The standard InChI is InChI=1S/C29H33N3O4/c1-31-27(33)29(30-28(31)34,18-20-7-6-9-23(17-20)35-2)22-13-15-32(16-14-22)19-25-24-10-5-4-8-21(24)11-12-26(25)36-3/h4-12,17,22H,13-16,18-19H2,1-3H3,(H,30,34)/t29-/m1/s1. The maximum atomic E-state index is 13.5. The molecule has 0 spiro atoms. The number of nitrogens with zero attached hydrogens (tertiary/aromatic N) is 2. The van der Waals surface area contributed by atoms with Gasteiger partial charge in [-0.3, -0.25) is 14.6 Å². The molecule has 1 atom stereocenters. The molecule has 188 valence electrons. The average Bonchev–Trinajstić information content (AvgIpc) is 3.13. The Morgan fingerprint density at radius 3 is 2.44 bits per heavy atom. The van der Waals surface area contributed by atoms with Crippen molar-refractivity contribution in [2.45, 2.75) is 31.3 Å². The van der Waals surface area contributed by atoms with Crippen LogP contribution in [0.3, 0.4) is 0 Å². The van der Waals surface area contributed by atoms with Crippen molar-refractivity contribution in [3.63, 3.8) is 0 Å². The second kappa shape index (κ2) is 9.82. The lowest BCUT2D eigenvalue weighted by atomic mass is 9.74. The first-order valence-electron chi connectivity index (χ1n) is 12.5. The number of fused-ring (bicyclic) bond motifs is 1. The number of rotatable bonds is 7. The fraction of sp³-hybridized carbons (Fsp3) is 0.379. The lowest BCUT2D eigenvalue weighted by molar-refractivity contribution is -0.133. The molecule has 1 N–H and O–H groups in total. The lowest BCUT2D eigenvalue weighted by Crippen LogP contribution is -2.57. The molecule has 2 fully saturated rings. The van der Waals surface area contributed by atoms with Crippen LogP contribution in [0.2, 0.25) is 0 Å². The number of carbonyl (C=O) groups is 2. The third-order valence-corrected chi connectivity index (χ3v) is 7.82. The molecule has 2 aliphatic heterocycles. The summed E-state index contributed by atoms with van der Waals surface area (Å²) in [6, 6.07) is 19.9. The number of hydrogen-bond donors (Lipinski definition) is 1. The van der Waals surface area contributed by atoms with Gasteiger partial charge in [-0.05, 0) is 66.4 Å². The van der Waals surface area contributed by atoms with E-state index in [2.05, 4.69) is 40.5 Å². The first-order valence-corrected chi connectivity index (χ1v) is 12.5. The highest BCUT2D eigenvalue weighted by molar-refractivity contribution is 6.07. The van der Waals surface area contributed by atoms with Crippen molar-refractivity contribution in [1.29, 1.82) is 0 Å². The highest BCUT2D eigenvalue weighted by Gasteiger charge is 2.54. The van der Waals surface area contributed by atoms with E-state index in [4.69, 9.17) is 9.47 Å². The van der Waals surface area contributed by atoms with Gasteiger partial charge in [0.1, 0.15) is 17.0 Å². The topological polar surface area (TPSA) is 71.1 Å². The van der Waals surface area contributed by atoms with Gasteiger partial charge in [-0.1, -0.05) is 42.5 Å². The monoisotopic (exact) mass is 487 g/mol. The summed E-state index contributed by atoms with van der Waals surface area (Å²) in [5, 5.41) is 5.49. The second-order valence-corrected chi connectivity index (χ2v) is 9.81. The molecular formula is C29H33N3O4. The summed E-state index contributed by atoms with van der Waals surface area (Å²) in [4.78, 5) is 29.7. The highest BCUT2D eigenvalue weighted by Crippen LogP contribution is 2.38. The van der Waals surface area contributed by atoms with Crippen LogP contribution in [-0.4, -0.2) is 61.6 Å². The third kappa shape index (κ3) is 4.28. The third-order valence-electron chi connectivity index (χ3n) is 7.82. The van der Waals surface area contributed by atoms with Crippen LogP contribution in [0, 0.1) is 5.92 Å². The molecule has 0 radical (unpaired) electrons. The number of carbonyl (C=O) groups excluding carboxylic acids is 2. The van der Waals surface area contributed by atoms with Crippen LogP contribution < -0.4 is 14.8 Å². The minimum atomic E-state index is -0.943. The molecule has 0 bridgehead atoms. The van der Waals surface area contributed by atoms with E-state index in [0.29, 0.717) is 6.42 Å². The number of piperidine rings is 1. The normalized spacial score (nSPS) is 21.1. The highest BCUT2D eigenvalue weighted by atomic mass is 16.5. The zero-order valence-corrected chi connectivity index (χ0v) is 21.1. The zero-order valence-electron chi connectivity index (χ0n) is 21.1. The lowest BCUT2D eigenvalue weighted by Gasteiger charge is -2.41. The number of amides is 3.